The molecule has 9 heteroatoms. The molecule has 4 aromatic carbocycles. The van der Waals surface area contributed by atoms with Crippen molar-refractivity contribution in [2.45, 2.75) is 9.79 Å². The van der Waals surface area contributed by atoms with Crippen molar-refractivity contribution in [2.24, 2.45) is 0 Å². The molecule has 0 bridgehead atoms. The van der Waals surface area contributed by atoms with Gasteiger partial charge in [0, 0.05) is 24.3 Å². The molecule has 8 nitrogen and oxygen atoms in total. The zero-order valence-electron chi connectivity index (χ0n) is 17.0. The fourth-order valence-corrected chi connectivity index (χ4v) is 3.83. The molecule has 0 aliphatic heterocycles. The quantitative estimate of drug-likeness (QED) is 0.202. The number of benzene rings is 4. The average Bonchev–Trinajstić information content (AvgIpc) is 2.82. The molecule has 0 saturated carbocycles. The first kappa shape index (κ1) is 21.8. The van der Waals surface area contributed by atoms with E-state index in [1.165, 1.54) is 36.0 Å². The maximum atomic E-state index is 10.9. The number of ether oxygens (including phenoxy) is 2. The first-order valence-corrected chi connectivity index (χ1v) is 10.5. The highest BCUT2D eigenvalue weighted by Gasteiger charge is 2.13. The minimum Gasteiger partial charge on any atom is -0.456 e. The van der Waals surface area contributed by atoms with Gasteiger partial charge >= 0.3 is 0 Å². The number of nitrogens with zero attached hydrogens (tertiary/aromatic N) is 2. The van der Waals surface area contributed by atoms with E-state index in [1.807, 2.05) is 48.5 Å². The third kappa shape index (κ3) is 5.46. The van der Waals surface area contributed by atoms with E-state index >= 15 is 0 Å². The van der Waals surface area contributed by atoms with Crippen LogP contribution >= 0.6 is 11.8 Å². The minimum atomic E-state index is -0.463. The van der Waals surface area contributed by atoms with Crippen molar-refractivity contribution in [1.82, 2.24) is 0 Å². The molecule has 0 spiro atoms. The molecule has 0 aliphatic carbocycles. The van der Waals surface area contributed by atoms with Crippen molar-refractivity contribution in [3.05, 3.63) is 117 Å². The van der Waals surface area contributed by atoms with Gasteiger partial charge in [0.05, 0.1) is 19.6 Å². The summed E-state index contributed by atoms with van der Waals surface area (Å²) in [5.74, 6) is 2.12. The molecule has 0 unspecified atom stereocenters. The van der Waals surface area contributed by atoms with Gasteiger partial charge in [0.15, 0.2) is 0 Å². The maximum absolute atomic E-state index is 10.9. The molecule has 0 heterocycles. The van der Waals surface area contributed by atoms with Gasteiger partial charge in [0.25, 0.3) is 11.4 Å². The van der Waals surface area contributed by atoms with Crippen LogP contribution in [0.15, 0.2) is 107 Å². The number of non-ortho nitro benzene ring substituents is 2. The molecular formula is C24H16N2O6S. The van der Waals surface area contributed by atoms with Gasteiger partial charge < -0.3 is 9.47 Å². The summed E-state index contributed by atoms with van der Waals surface area (Å²) in [4.78, 5) is 22.4. The van der Waals surface area contributed by atoms with E-state index in [4.69, 9.17) is 9.47 Å². The van der Waals surface area contributed by atoms with Crippen molar-refractivity contribution < 1.29 is 19.3 Å². The van der Waals surface area contributed by atoms with Gasteiger partial charge in [-0.1, -0.05) is 36.0 Å². The summed E-state index contributed by atoms with van der Waals surface area (Å²) >= 11 is 1.43. The van der Waals surface area contributed by atoms with Gasteiger partial charge in [-0.2, -0.15) is 0 Å². The van der Waals surface area contributed by atoms with Gasteiger partial charge in [0.2, 0.25) is 0 Å². The Morgan fingerprint density at radius 1 is 0.545 bits per heavy atom. The zero-order valence-corrected chi connectivity index (χ0v) is 17.8. The molecule has 0 amide bonds. The van der Waals surface area contributed by atoms with E-state index in [2.05, 4.69) is 0 Å². The standard InChI is InChI=1S/C24H16N2O6S/c27-25(28)17-9-13-19(14-10-17)31-21-5-1-3-7-23(21)33-24-8-4-2-6-22(24)32-20-15-11-18(12-16-20)26(29)30/h1-16H. The number of hydrogen-bond acceptors (Lipinski definition) is 7. The SMILES string of the molecule is O=[N+]([O-])c1ccc(Oc2ccccc2Sc2ccccc2Oc2ccc([N+](=O)[O-])cc2)cc1. The van der Waals surface area contributed by atoms with E-state index in [-0.39, 0.29) is 11.4 Å². The van der Waals surface area contributed by atoms with E-state index < -0.39 is 9.85 Å². The molecule has 0 radical (unpaired) electrons. The lowest BCUT2D eigenvalue weighted by Crippen LogP contribution is -1.91. The van der Waals surface area contributed by atoms with Crippen molar-refractivity contribution in [3.63, 3.8) is 0 Å². The fourth-order valence-electron chi connectivity index (χ4n) is 2.88. The third-order valence-corrected chi connectivity index (χ3v) is 5.58. The monoisotopic (exact) mass is 460 g/mol. The summed E-state index contributed by atoms with van der Waals surface area (Å²) in [5.41, 5.74) is -0.0235. The zero-order chi connectivity index (χ0) is 23.2. The van der Waals surface area contributed by atoms with E-state index in [1.54, 1.807) is 24.3 Å². The molecule has 0 aromatic heterocycles. The second kappa shape index (κ2) is 9.84. The highest BCUT2D eigenvalue weighted by molar-refractivity contribution is 7.99. The lowest BCUT2D eigenvalue weighted by Gasteiger charge is -2.13. The molecular weight excluding hydrogens is 444 g/mol. The van der Waals surface area contributed by atoms with Crippen LogP contribution in [0.2, 0.25) is 0 Å². The summed E-state index contributed by atoms with van der Waals surface area (Å²) in [7, 11) is 0. The first-order chi connectivity index (χ1) is 16.0. The van der Waals surface area contributed by atoms with Crippen molar-refractivity contribution in [1.29, 1.82) is 0 Å². The van der Waals surface area contributed by atoms with Gasteiger partial charge in [-0.15, -0.1) is 0 Å². The number of para-hydroxylation sites is 2. The molecule has 0 saturated heterocycles. The fraction of sp³-hybridized carbons (Fsp3) is 0. The van der Waals surface area contributed by atoms with Crippen LogP contribution in [0.1, 0.15) is 0 Å². The normalized spacial score (nSPS) is 10.4. The van der Waals surface area contributed by atoms with Gasteiger partial charge in [-0.25, -0.2) is 0 Å². The van der Waals surface area contributed by atoms with E-state index in [9.17, 15) is 20.2 Å². The van der Waals surface area contributed by atoms with E-state index in [0.29, 0.717) is 23.0 Å². The molecule has 0 atom stereocenters. The second-order valence-corrected chi connectivity index (χ2v) is 7.79. The van der Waals surface area contributed by atoms with Crippen LogP contribution in [0.5, 0.6) is 23.0 Å². The Labute approximate surface area is 192 Å². The van der Waals surface area contributed by atoms with Crippen LogP contribution in [0.25, 0.3) is 0 Å². The van der Waals surface area contributed by atoms with Crippen LogP contribution < -0.4 is 9.47 Å². The number of hydrogen-bond donors (Lipinski definition) is 0. The summed E-state index contributed by atoms with van der Waals surface area (Å²) in [6.07, 6.45) is 0. The van der Waals surface area contributed by atoms with Crippen LogP contribution in [-0.2, 0) is 0 Å². The molecule has 4 aromatic rings. The Morgan fingerprint density at radius 3 is 1.27 bits per heavy atom. The Balaban J connectivity index is 1.55. The topological polar surface area (TPSA) is 105 Å². The Hall–Kier alpha value is -4.37. The molecule has 164 valence electrons. The Bertz CT molecular complexity index is 1190. The van der Waals surface area contributed by atoms with E-state index in [0.717, 1.165) is 9.79 Å². The predicted octanol–water partition coefficient (Wildman–Crippen LogP) is 7.24. The number of nitro groups is 2. The average molecular weight is 460 g/mol. The first-order valence-electron chi connectivity index (χ1n) is 9.70. The van der Waals surface area contributed by atoms with Crippen LogP contribution in [0.4, 0.5) is 11.4 Å². The summed E-state index contributed by atoms with van der Waals surface area (Å²) in [6.45, 7) is 0. The van der Waals surface area contributed by atoms with Crippen LogP contribution in [0.3, 0.4) is 0 Å². The molecule has 0 aliphatic rings. The molecule has 4 rings (SSSR count). The number of rotatable bonds is 8. The Morgan fingerprint density at radius 2 is 0.909 bits per heavy atom. The predicted molar refractivity (Wildman–Crippen MR) is 123 cm³/mol. The molecule has 33 heavy (non-hydrogen) atoms. The molecule has 0 fully saturated rings. The number of nitro benzene ring substituents is 2. The van der Waals surface area contributed by atoms with Crippen molar-refractivity contribution in [2.75, 3.05) is 0 Å². The third-order valence-electron chi connectivity index (χ3n) is 4.47. The molecule has 0 N–H and O–H groups in total. The second-order valence-electron chi connectivity index (χ2n) is 6.70. The van der Waals surface area contributed by atoms with Crippen molar-refractivity contribution in [3.8, 4) is 23.0 Å². The highest BCUT2D eigenvalue weighted by atomic mass is 32.2. The minimum absolute atomic E-state index is 0.0117. The summed E-state index contributed by atoms with van der Waals surface area (Å²) in [5, 5.41) is 21.7. The summed E-state index contributed by atoms with van der Waals surface area (Å²) < 4.78 is 11.9. The maximum Gasteiger partial charge on any atom is 0.269 e. The van der Waals surface area contributed by atoms with Gasteiger partial charge in [-0.3, -0.25) is 20.2 Å². The van der Waals surface area contributed by atoms with Gasteiger partial charge in [0.1, 0.15) is 23.0 Å². The highest BCUT2D eigenvalue weighted by Crippen LogP contribution is 2.42. The largest absolute Gasteiger partial charge is 0.456 e. The van der Waals surface area contributed by atoms with Crippen molar-refractivity contribution >= 4 is 23.1 Å². The lowest BCUT2D eigenvalue weighted by molar-refractivity contribution is -0.385. The lowest BCUT2D eigenvalue weighted by atomic mass is 10.3. The smallest absolute Gasteiger partial charge is 0.269 e. The van der Waals surface area contributed by atoms with Crippen LogP contribution in [-0.4, -0.2) is 9.85 Å². The summed E-state index contributed by atoms with van der Waals surface area (Å²) in [6, 6.07) is 26.6. The van der Waals surface area contributed by atoms with Crippen LogP contribution in [0, 0.1) is 20.2 Å². The Kier molecular flexibility index (Phi) is 6.51. The van der Waals surface area contributed by atoms with Gasteiger partial charge in [-0.05, 0) is 48.5 Å².